The molecular formula is C13H10F3N3O2. The van der Waals surface area contributed by atoms with Gasteiger partial charge in [-0.05, 0) is 18.2 Å². The molecule has 2 rings (SSSR count). The second-order valence-electron chi connectivity index (χ2n) is 3.98. The van der Waals surface area contributed by atoms with Gasteiger partial charge in [0.05, 0.1) is 25.1 Å². The van der Waals surface area contributed by atoms with Crippen LogP contribution in [-0.2, 0) is 10.9 Å². The van der Waals surface area contributed by atoms with Crippen LogP contribution in [0.5, 0.6) is 0 Å². The Kier molecular flexibility index (Phi) is 4.06. The molecule has 1 heterocycles. The molecule has 0 spiro atoms. The van der Waals surface area contributed by atoms with Crippen LogP contribution in [0.1, 0.15) is 16.1 Å². The van der Waals surface area contributed by atoms with Gasteiger partial charge in [0.1, 0.15) is 5.82 Å². The molecular weight excluding hydrogens is 287 g/mol. The first-order valence-corrected chi connectivity index (χ1v) is 5.75. The van der Waals surface area contributed by atoms with Crippen molar-refractivity contribution in [1.82, 2.24) is 9.97 Å². The highest BCUT2D eigenvalue weighted by Gasteiger charge is 2.30. The first-order valence-electron chi connectivity index (χ1n) is 5.75. The predicted molar refractivity (Wildman–Crippen MR) is 68.1 cm³/mol. The lowest BCUT2D eigenvalue weighted by molar-refractivity contribution is -0.137. The number of methoxy groups -OCH3 is 1. The third kappa shape index (κ3) is 3.68. The fourth-order valence-corrected chi connectivity index (χ4v) is 1.55. The summed E-state index contributed by atoms with van der Waals surface area (Å²) < 4.78 is 42.3. The number of nitrogens with zero attached hydrogens (tertiary/aromatic N) is 2. The molecule has 1 N–H and O–H groups in total. The van der Waals surface area contributed by atoms with Crippen LogP contribution in [0.4, 0.5) is 24.7 Å². The summed E-state index contributed by atoms with van der Waals surface area (Å²) in [5, 5.41) is 2.65. The number of benzene rings is 1. The van der Waals surface area contributed by atoms with E-state index in [-0.39, 0.29) is 17.2 Å². The summed E-state index contributed by atoms with van der Waals surface area (Å²) >= 11 is 0. The monoisotopic (exact) mass is 297 g/mol. The molecule has 0 unspecified atom stereocenters. The quantitative estimate of drug-likeness (QED) is 0.882. The molecule has 8 heteroatoms. The number of halogens is 3. The maximum Gasteiger partial charge on any atom is 0.416 e. The van der Waals surface area contributed by atoms with Gasteiger partial charge >= 0.3 is 12.1 Å². The van der Waals surface area contributed by atoms with E-state index < -0.39 is 17.7 Å². The van der Waals surface area contributed by atoms with Gasteiger partial charge in [0.25, 0.3) is 0 Å². The van der Waals surface area contributed by atoms with Crippen LogP contribution in [0.3, 0.4) is 0 Å². The molecule has 0 amide bonds. The van der Waals surface area contributed by atoms with Crippen molar-refractivity contribution < 1.29 is 22.7 Å². The molecule has 0 aliphatic carbocycles. The number of aromatic nitrogens is 2. The fraction of sp³-hybridized carbons (Fsp3) is 0.154. The number of alkyl halides is 3. The summed E-state index contributed by atoms with van der Waals surface area (Å²) in [6.07, 6.45) is -1.95. The van der Waals surface area contributed by atoms with E-state index in [1.165, 1.54) is 31.6 Å². The molecule has 5 nitrogen and oxygen atoms in total. The van der Waals surface area contributed by atoms with E-state index in [0.717, 1.165) is 12.1 Å². The minimum absolute atomic E-state index is 0.0468. The lowest BCUT2D eigenvalue weighted by Crippen LogP contribution is -2.08. The van der Waals surface area contributed by atoms with Crippen LogP contribution in [0.15, 0.2) is 36.7 Å². The van der Waals surface area contributed by atoms with E-state index in [0.29, 0.717) is 0 Å². The van der Waals surface area contributed by atoms with E-state index in [2.05, 4.69) is 20.0 Å². The van der Waals surface area contributed by atoms with E-state index >= 15 is 0 Å². The summed E-state index contributed by atoms with van der Waals surface area (Å²) in [6, 6.07) is 4.61. The Morgan fingerprint density at radius 3 is 2.71 bits per heavy atom. The maximum absolute atomic E-state index is 12.6. The third-order valence-electron chi connectivity index (χ3n) is 2.49. The van der Waals surface area contributed by atoms with E-state index in [4.69, 9.17) is 0 Å². The number of rotatable bonds is 3. The molecule has 2 aromatic rings. The highest BCUT2D eigenvalue weighted by Crippen LogP contribution is 2.31. The normalized spacial score (nSPS) is 11.0. The Bertz CT molecular complexity index is 659. The molecule has 1 aromatic carbocycles. The van der Waals surface area contributed by atoms with Gasteiger partial charge in [-0.3, -0.25) is 4.98 Å². The van der Waals surface area contributed by atoms with Crippen molar-refractivity contribution in [1.29, 1.82) is 0 Å². The number of ether oxygens (including phenoxy) is 1. The van der Waals surface area contributed by atoms with Crippen LogP contribution >= 0.6 is 0 Å². The molecule has 1 aromatic heterocycles. The van der Waals surface area contributed by atoms with Gasteiger partial charge < -0.3 is 10.1 Å². The third-order valence-corrected chi connectivity index (χ3v) is 2.49. The Hall–Kier alpha value is -2.64. The first-order chi connectivity index (χ1) is 9.90. The average Bonchev–Trinajstić information content (AvgIpc) is 2.46. The largest absolute Gasteiger partial charge is 0.464 e. The SMILES string of the molecule is COC(=O)c1cncc(Nc2cccc(C(F)(F)F)c2)n1. The Balaban J connectivity index is 2.24. The van der Waals surface area contributed by atoms with Gasteiger partial charge in [-0.2, -0.15) is 13.2 Å². The number of anilines is 2. The van der Waals surface area contributed by atoms with Crippen LogP contribution in [-0.4, -0.2) is 23.0 Å². The molecule has 0 radical (unpaired) electrons. The standard InChI is InChI=1S/C13H10F3N3O2/c1-21-12(20)10-6-17-7-11(19-10)18-9-4-2-3-8(5-9)13(14,15)16/h2-7H,1H3,(H,18,19). The van der Waals surface area contributed by atoms with Crippen molar-refractivity contribution in [2.24, 2.45) is 0 Å². The van der Waals surface area contributed by atoms with Crippen LogP contribution in [0.25, 0.3) is 0 Å². The molecule has 0 fully saturated rings. The van der Waals surface area contributed by atoms with E-state index in [1.54, 1.807) is 0 Å². The summed E-state index contributed by atoms with van der Waals surface area (Å²) in [6.45, 7) is 0. The van der Waals surface area contributed by atoms with Crippen molar-refractivity contribution in [2.75, 3.05) is 12.4 Å². The number of hydrogen-bond donors (Lipinski definition) is 1. The van der Waals surface area contributed by atoms with Crippen molar-refractivity contribution in [3.05, 3.63) is 47.9 Å². The van der Waals surface area contributed by atoms with Crippen molar-refractivity contribution in [3.8, 4) is 0 Å². The zero-order chi connectivity index (χ0) is 15.5. The minimum Gasteiger partial charge on any atom is -0.464 e. The van der Waals surface area contributed by atoms with Gasteiger partial charge in [0, 0.05) is 5.69 Å². The second kappa shape index (κ2) is 5.78. The van der Waals surface area contributed by atoms with Gasteiger partial charge in [-0.15, -0.1) is 0 Å². The van der Waals surface area contributed by atoms with Crippen molar-refractivity contribution in [2.45, 2.75) is 6.18 Å². The maximum atomic E-state index is 12.6. The van der Waals surface area contributed by atoms with E-state index in [9.17, 15) is 18.0 Å². The van der Waals surface area contributed by atoms with Crippen molar-refractivity contribution >= 4 is 17.5 Å². The molecule has 0 aliphatic rings. The van der Waals surface area contributed by atoms with Gasteiger partial charge in [-0.1, -0.05) is 6.07 Å². The van der Waals surface area contributed by atoms with Crippen LogP contribution in [0.2, 0.25) is 0 Å². The fourth-order valence-electron chi connectivity index (χ4n) is 1.55. The van der Waals surface area contributed by atoms with Crippen LogP contribution in [0, 0.1) is 0 Å². The average molecular weight is 297 g/mol. The highest BCUT2D eigenvalue weighted by molar-refractivity contribution is 5.87. The second-order valence-corrected chi connectivity index (χ2v) is 3.98. The molecule has 0 atom stereocenters. The zero-order valence-electron chi connectivity index (χ0n) is 10.8. The van der Waals surface area contributed by atoms with Gasteiger partial charge in [0.15, 0.2) is 5.69 Å². The lowest BCUT2D eigenvalue weighted by Gasteiger charge is -2.10. The summed E-state index contributed by atoms with van der Waals surface area (Å²) in [5.41, 5.74) is -0.653. The molecule has 110 valence electrons. The van der Waals surface area contributed by atoms with Crippen molar-refractivity contribution in [3.63, 3.8) is 0 Å². The first kappa shape index (κ1) is 14.8. The van der Waals surface area contributed by atoms with Gasteiger partial charge in [0.2, 0.25) is 0 Å². The summed E-state index contributed by atoms with van der Waals surface area (Å²) in [7, 11) is 1.19. The highest BCUT2D eigenvalue weighted by atomic mass is 19.4. The Morgan fingerprint density at radius 1 is 1.29 bits per heavy atom. The molecule has 0 saturated heterocycles. The molecule has 0 saturated carbocycles. The summed E-state index contributed by atoms with van der Waals surface area (Å²) in [4.78, 5) is 19.0. The zero-order valence-corrected chi connectivity index (χ0v) is 10.8. The van der Waals surface area contributed by atoms with E-state index in [1.807, 2.05) is 0 Å². The molecule has 0 aliphatic heterocycles. The number of carbonyl (C=O) groups is 1. The topological polar surface area (TPSA) is 64.1 Å². The Morgan fingerprint density at radius 2 is 2.05 bits per heavy atom. The molecule has 21 heavy (non-hydrogen) atoms. The summed E-state index contributed by atoms with van der Waals surface area (Å²) in [5.74, 6) is -0.549. The minimum atomic E-state index is -4.43. The number of hydrogen-bond acceptors (Lipinski definition) is 5. The number of nitrogens with one attached hydrogen (secondary N) is 1. The Labute approximate surface area is 117 Å². The predicted octanol–water partition coefficient (Wildman–Crippen LogP) is 3.03. The van der Waals surface area contributed by atoms with Crippen LogP contribution < -0.4 is 5.32 Å². The smallest absolute Gasteiger partial charge is 0.416 e. The number of carbonyl (C=O) groups excluding carboxylic acids is 1. The number of esters is 1. The lowest BCUT2D eigenvalue weighted by atomic mass is 10.2. The van der Waals surface area contributed by atoms with Gasteiger partial charge in [-0.25, -0.2) is 9.78 Å². The molecule has 0 bridgehead atoms.